The molecule has 28 heavy (non-hydrogen) atoms. The van der Waals surface area contributed by atoms with Gasteiger partial charge in [0, 0.05) is 31.7 Å². The van der Waals surface area contributed by atoms with Crippen LogP contribution < -0.4 is 4.90 Å². The monoisotopic (exact) mass is 376 g/mol. The van der Waals surface area contributed by atoms with Gasteiger partial charge in [-0.15, -0.1) is 0 Å². The Morgan fingerprint density at radius 2 is 1.75 bits per heavy atom. The van der Waals surface area contributed by atoms with E-state index in [-0.39, 0.29) is 5.82 Å². The molecule has 0 aliphatic carbocycles. The van der Waals surface area contributed by atoms with Crippen molar-refractivity contribution in [2.24, 2.45) is 0 Å². The van der Waals surface area contributed by atoms with Crippen molar-refractivity contribution in [1.29, 1.82) is 0 Å². The number of para-hydroxylation sites is 1. The lowest BCUT2D eigenvalue weighted by Gasteiger charge is -2.26. The van der Waals surface area contributed by atoms with Crippen LogP contribution in [0, 0.1) is 5.82 Å². The highest BCUT2D eigenvalue weighted by Gasteiger charge is 2.19. The average molecular weight is 376 g/mol. The van der Waals surface area contributed by atoms with Crippen LogP contribution in [0.3, 0.4) is 0 Å². The van der Waals surface area contributed by atoms with Gasteiger partial charge in [0.25, 0.3) is 0 Å². The molecule has 0 saturated carbocycles. The Labute approximate surface area is 160 Å². The molecule has 0 N–H and O–H groups in total. The zero-order valence-corrected chi connectivity index (χ0v) is 15.0. The van der Waals surface area contributed by atoms with Crippen molar-refractivity contribution in [2.45, 2.75) is 0 Å². The minimum absolute atomic E-state index is 0.335. The highest BCUT2D eigenvalue weighted by Crippen LogP contribution is 2.29. The van der Waals surface area contributed by atoms with Crippen LogP contribution in [-0.4, -0.2) is 50.8 Å². The second-order valence-electron chi connectivity index (χ2n) is 6.46. The van der Waals surface area contributed by atoms with E-state index in [0.29, 0.717) is 36.2 Å². The molecule has 3 aromatic heterocycles. The fraction of sp³-hybridized carbons (Fsp3) is 0.200. The average Bonchev–Trinajstić information content (AvgIpc) is 3.14. The Kier molecular flexibility index (Phi) is 4.17. The number of ether oxygens (including phenoxy) is 1. The summed E-state index contributed by atoms with van der Waals surface area (Å²) in [6, 6.07) is 8.41. The van der Waals surface area contributed by atoms with Crippen molar-refractivity contribution in [3.8, 4) is 17.1 Å². The summed E-state index contributed by atoms with van der Waals surface area (Å²) in [6.07, 6.45) is 6.80. The molecule has 0 amide bonds. The summed E-state index contributed by atoms with van der Waals surface area (Å²) in [5.41, 5.74) is 2.56. The fourth-order valence-electron chi connectivity index (χ4n) is 3.36. The van der Waals surface area contributed by atoms with Gasteiger partial charge in [0.1, 0.15) is 11.6 Å². The van der Waals surface area contributed by atoms with Gasteiger partial charge in [-0.1, -0.05) is 12.1 Å². The van der Waals surface area contributed by atoms with Crippen LogP contribution in [0.15, 0.2) is 55.1 Å². The van der Waals surface area contributed by atoms with Crippen LogP contribution in [0.1, 0.15) is 0 Å². The number of aromatic nitrogens is 5. The van der Waals surface area contributed by atoms with Crippen LogP contribution in [0.2, 0.25) is 0 Å². The number of nitrogens with zero attached hydrogens (tertiary/aromatic N) is 6. The summed E-state index contributed by atoms with van der Waals surface area (Å²) in [5.74, 6) is 0.890. The van der Waals surface area contributed by atoms with Gasteiger partial charge in [-0.05, 0) is 18.2 Å². The van der Waals surface area contributed by atoms with Crippen LogP contribution in [0.25, 0.3) is 28.1 Å². The van der Waals surface area contributed by atoms with Crippen molar-refractivity contribution < 1.29 is 9.13 Å². The van der Waals surface area contributed by atoms with Gasteiger partial charge in [-0.2, -0.15) is 0 Å². The van der Waals surface area contributed by atoms with E-state index in [9.17, 15) is 4.39 Å². The first kappa shape index (κ1) is 16.8. The Morgan fingerprint density at radius 1 is 0.964 bits per heavy atom. The van der Waals surface area contributed by atoms with E-state index in [1.807, 2.05) is 0 Å². The van der Waals surface area contributed by atoms with E-state index in [0.717, 1.165) is 24.1 Å². The number of morpholine rings is 1. The first-order valence-corrected chi connectivity index (χ1v) is 9.04. The molecule has 8 heteroatoms. The van der Waals surface area contributed by atoms with Crippen LogP contribution in [0.5, 0.6) is 0 Å². The summed E-state index contributed by atoms with van der Waals surface area (Å²) < 4.78 is 21.7. The quantitative estimate of drug-likeness (QED) is 0.548. The predicted molar refractivity (Wildman–Crippen MR) is 103 cm³/mol. The molecule has 7 nitrogen and oxygen atoms in total. The molecule has 1 aromatic carbocycles. The number of pyridine rings is 1. The Morgan fingerprint density at radius 3 is 2.54 bits per heavy atom. The number of anilines is 1. The minimum Gasteiger partial charge on any atom is -0.378 e. The third-order valence-corrected chi connectivity index (χ3v) is 4.74. The fourth-order valence-corrected chi connectivity index (χ4v) is 3.36. The lowest BCUT2D eigenvalue weighted by molar-refractivity contribution is 0.122. The normalized spacial score (nSPS) is 14.5. The lowest BCUT2D eigenvalue weighted by Crippen LogP contribution is -2.37. The maximum Gasteiger partial charge on any atom is 0.225 e. The summed E-state index contributed by atoms with van der Waals surface area (Å²) in [4.78, 5) is 19.9. The number of rotatable bonds is 3. The van der Waals surface area contributed by atoms with Crippen molar-refractivity contribution in [3.63, 3.8) is 0 Å². The third-order valence-electron chi connectivity index (χ3n) is 4.74. The number of hydrogen-bond donors (Lipinski definition) is 0. The first-order chi connectivity index (χ1) is 13.8. The molecular weight excluding hydrogens is 359 g/mol. The van der Waals surface area contributed by atoms with Gasteiger partial charge in [-0.3, -0.25) is 9.55 Å². The van der Waals surface area contributed by atoms with Gasteiger partial charge >= 0.3 is 0 Å². The SMILES string of the molecule is Fc1ccccc1-n1c(-c2cnc(N3CCOCC3)nc2)nc2ccncc21. The minimum atomic E-state index is -0.335. The Bertz CT molecular complexity index is 1120. The van der Waals surface area contributed by atoms with Crippen molar-refractivity contribution in [2.75, 3.05) is 31.2 Å². The number of benzene rings is 1. The van der Waals surface area contributed by atoms with Crippen molar-refractivity contribution >= 4 is 17.0 Å². The summed E-state index contributed by atoms with van der Waals surface area (Å²) in [7, 11) is 0. The van der Waals surface area contributed by atoms with E-state index in [2.05, 4.69) is 24.8 Å². The smallest absolute Gasteiger partial charge is 0.225 e. The lowest BCUT2D eigenvalue weighted by atomic mass is 10.2. The molecule has 1 saturated heterocycles. The Balaban J connectivity index is 1.63. The van der Waals surface area contributed by atoms with Crippen LogP contribution in [-0.2, 0) is 4.74 Å². The molecular formula is C20H17FN6O. The zero-order valence-electron chi connectivity index (χ0n) is 15.0. The van der Waals surface area contributed by atoms with E-state index < -0.39 is 0 Å². The highest BCUT2D eigenvalue weighted by atomic mass is 19.1. The third kappa shape index (κ3) is 2.87. The van der Waals surface area contributed by atoms with E-state index in [1.54, 1.807) is 53.6 Å². The largest absolute Gasteiger partial charge is 0.378 e. The molecule has 1 fully saturated rings. The van der Waals surface area contributed by atoms with Gasteiger partial charge in [0.05, 0.1) is 41.7 Å². The molecule has 4 aromatic rings. The number of fused-ring (bicyclic) bond motifs is 1. The molecule has 0 atom stereocenters. The maximum atomic E-state index is 14.6. The van der Waals surface area contributed by atoms with Gasteiger partial charge in [0.2, 0.25) is 5.95 Å². The molecule has 5 rings (SSSR count). The predicted octanol–water partition coefficient (Wildman–Crippen LogP) is 2.85. The van der Waals surface area contributed by atoms with Crippen LogP contribution >= 0.6 is 0 Å². The second-order valence-corrected chi connectivity index (χ2v) is 6.46. The van der Waals surface area contributed by atoms with E-state index in [1.165, 1.54) is 6.07 Å². The van der Waals surface area contributed by atoms with E-state index in [4.69, 9.17) is 4.74 Å². The molecule has 0 spiro atoms. The Hall–Kier alpha value is -3.39. The molecule has 0 radical (unpaired) electrons. The summed E-state index contributed by atoms with van der Waals surface area (Å²) in [6.45, 7) is 2.86. The number of imidazole rings is 1. The summed E-state index contributed by atoms with van der Waals surface area (Å²) >= 11 is 0. The number of halogens is 1. The molecule has 4 heterocycles. The molecule has 1 aliphatic rings. The first-order valence-electron chi connectivity index (χ1n) is 9.04. The van der Waals surface area contributed by atoms with Crippen molar-refractivity contribution in [1.82, 2.24) is 24.5 Å². The van der Waals surface area contributed by atoms with E-state index >= 15 is 0 Å². The maximum absolute atomic E-state index is 14.6. The topological polar surface area (TPSA) is 69.0 Å². The second kappa shape index (κ2) is 6.97. The standard InChI is InChI=1S/C20H17FN6O/c21-15-3-1-2-4-17(15)27-18-13-22-6-5-16(18)25-19(27)14-11-23-20(24-12-14)26-7-9-28-10-8-26/h1-6,11-13H,7-10H2. The molecule has 1 aliphatic heterocycles. The molecule has 0 unspecified atom stereocenters. The molecule has 140 valence electrons. The highest BCUT2D eigenvalue weighted by molar-refractivity contribution is 5.82. The van der Waals surface area contributed by atoms with Crippen molar-refractivity contribution in [3.05, 3.63) is 60.9 Å². The summed E-state index contributed by atoms with van der Waals surface area (Å²) in [5, 5.41) is 0. The van der Waals surface area contributed by atoms with Gasteiger partial charge in [-0.25, -0.2) is 19.3 Å². The zero-order chi connectivity index (χ0) is 18.9. The van der Waals surface area contributed by atoms with Crippen LogP contribution in [0.4, 0.5) is 10.3 Å². The molecule has 0 bridgehead atoms. The van der Waals surface area contributed by atoms with Gasteiger partial charge < -0.3 is 9.64 Å². The number of hydrogen-bond acceptors (Lipinski definition) is 6. The van der Waals surface area contributed by atoms with Gasteiger partial charge in [0.15, 0.2) is 0 Å².